The lowest BCUT2D eigenvalue weighted by molar-refractivity contribution is 0.438. The van der Waals surface area contributed by atoms with Gasteiger partial charge in [-0.2, -0.15) is 0 Å². The second kappa shape index (κ2) is 6.66. The molecule has 3 aromatic rings. The lowest BCUT2D eigenvalue weighted by atomic mass is 9.87. The normalized spacial score (nSPS) is 17.5. The first kappa shape index (κ1) is 19.1. The van der Waals surface area contributed by atoms with Crippen molar-refractivity contribution in [3.8, 4) is 0 Å². The van der Waals surface area contributed by atoms with Crippen molar-refractivity contribution in [2.24, 2.45) is 5.92 Å². The van der Waals surface area contributed by atoms with E-state index in [2.05, 4.69) is 32.4 Å². The van der Waals surface area contributed by atoms with Crippen molar-refractivity contribution in [3.63, 3.8) is 0 Å². The third kappa shape index (κ3) is 3.55. The van der Waals surface area contributed by atoms with Crippen LogP contribution in [0.3, 0.4) is 0 Å². The van der Waals surface area contributed by atoms with Crippen molar-refractivity contribution < 1.29 is 12.8 Å². The zero-order valence-electron chi connectivity index (χ0n) is 16.9. The first-order valence-corrected chi connectivity index (χ1v) is 11.3. The molecule has 0 aliphatic heterocycles. The molecule has 1 aliphatic rings. The zero-order valence-corrected chi connectivity index (χ0v) is 17.7. The molecule has 1 aliphatic carbocycles. The summed E-state index contributed by atoms with van der Waals surface area (Å²) in [6, 6.07) is 12.6. The molecular weight excluding hydrogens is 370 g/mol. The van der Waals surface area contributed by atoms with Crippen molar-refractivity contribution in [2.45, 2.75) is 57.3 Å². The van der Waals surface area contributed by atoms with Crippen LogP contribution < -0.4 is 4.72 Å². The lowest BCUT2D eigenvalue weighted by Crippen LogP contribution is -2.15. The molecule has 0 fully saturated rings. The Balaban J connectivity index is 1.64. The van der Waals surface area contributed by atoms with Crippen LogP contribution in [-0.2, 0) is 28.3 Å². The van der Waals surface area contributed by atoms with Gasteiger partial charge in [0.2, 0.25) is 0 Å². The van der Waals surface area contributed by atoms with Crippen LogP contribution in [0.1, 0.15) is 51.0 Å². The average Bonchev–Trinajstić information content (AvgIpc) is 2.98. The second-order valence-electron chi connectivity index (χ2n) is 8.94. The summed E-state index contributed by atoms with van der Waals surface area (Å²) < 4.78 is 34.4. The van der Waals surface area contributed by atoms with Gasteiger partial charge < -0.3 is 4.42 Å². The van der Waals surface area contributed by atoms with Gasteiger partial charge >= 0.3 is 0 Å². The highest BCUT2D eigenvalue weighted by Crippen LogP contribution is 2.35. The highest BCUT2D eigenvalue weighted by molar-refractivity contribution is 7.92. The summed E-state index contributed by atoms with van der Waals surface area (Å²) >= 11 is 0. The molecule has 5 heteroatoms. The topological polar surface area (TPSA) is 59.3 Å². The Kier molecular flexibility index (Phi) is 4.53. The molecule has 0 bridgehead atoms. The third-order valence-electron chi connectivity index (χ3n) is 5.57. The Morgan fingerprint density at radius 2 is 1.79 bits per heavy atom. The summed E-state index contributed by atoms with van der Waals surface area (Å²) in [6.45, 7) is 8.57. The van der Waals surface area contributed by atoms with Gasteiger partial charge in [-0.1, -0.05) is 39.8 Å². The standard InChI is InChI=1S/C23H27NO3S/c1-15-5-11-21-19(13-15)20-14-17(8-12-22(20)27-21)24-28(25,26)18-9-6-16(7-10-18)23(2,3)4/h6-10,12,14-15,24H,5,11,13H2,1-4H3/t15-/m0/s1. The van der Waals surface area contributed by atoms with Crippen LogP contribution in [0.25, 0.3) is 11.0 Å². The van der Waals surface area contributed by atoms with Gasteiger partial charge in [0.15, 0.2) is 0 Å². The largest absolute Gasteiger partial charge is 0.461 e. The maximum atomic E-state index is 12.8. The Hall–Kier alpha value is -2.27. The molecule has 148 valence electrons. The van der Waals surface area contributed by atoms with E-state index in [1.54, 1.807) is 18.2 Å². The summed E-state index contributed by atoms with van der Waals surface area (Å²) in [5.41, 5.74) is 3.71. The van der Waals surface area contributed by atoms with E-state index in [0.29, 0.717) is 11.6 Å². The van der Waals surface area contributed by atoms with Crippen molar-refractivity contribution >= 4 is 26.7 Å². The molecule has 1 heterocycles. The molecule has 0 radical (unpaired) electrons. The van der Waals surface area contributed by atoms with Gasteiger partial charge in [0, 0.05) is 23.1 Å². The van der Waals surface area contributed by atoms with Gasteiger partial charge in [-0.05, 0) is 60.1 Å². The predicted molar refractivity (Wildman–Crippen MR) is 113 cm³/mol. The smallest absolute Gasteiger partial charge is 0.261 e. The molecule has 0 unspecified atom stereocenters. The number of fused-ring (bicyclic) bond motifs is 3. The first-order valence-electron chi connectivity index (χ1n) is 9.81. The minimum atomic E-state index is -3.64. The summed E-state index contributed by atoms with van der Waals surface area (Å²) in [7, 11) is -3.64. The van der Waals surface area contributed by atoms with Crippen molar-refractivity contribution in [1.29, 1.82) is 0 Å². The van der Waals surface area contributed by atoms with E-state index in [9.17, 15) is 8.42 Å². The summed E-state index contributed by atoms with van der Waals surface area (Å²) in [6.07, 6.45) is 3.07. The highest BCUT2D eigenvalue weighted by Gasteiger charge is 2.23. The second-order valence-corrected chi connectivity index (χ2v) is 10.6. The molecule has 0 saturated heterocycles. The van der Waals surface area contributed by atoms with Crippen LogP contribution >= 0.6 is 0 Å². The van der Waals surface area contributed by atoms with E-state index in [1.165, 1.54) is 5.56 Å². The quantitative estimate of drug-likeness (QED) is 0.621. The average molecular weight is 398 g/mol. The third-order valence-corrected chi connectivity index (χ3v) is 6.97. The number of aryl methyl sites for hydroxylation is 1. The minimum Gasteiger partial charge on any atom is -0.461 e. The minimum absolute atomic E-state index is 0.0156. The number of anilines is 1. The Bertz CT molecular complexity index is 1120. The summed E-state index contributed by atoms with van der Waals surface area (Å²) in [5, 5.41) is 1.02. The van der Waals surface area contributed by atoms with E-state index in [4.69, 9.17) is 4.42 Å². The molecular formula is C23H27NO3S. The van der Waals surface area contributed by atoms with Gasteiger partial charge in [-0.25, -0.2) is 8.42 Å². The van der Waals surface area contributed by atoms with Gasteiger partial charge in [-0.15, -0.1) is 0 Å². The Morgan fingerprint density at radius 1 is 1.07 bits per heavy atom. The van der Waals surface area contributed by atoms with Crippen molar-refractivity contribution in [3.05, 3.63) is 59.4 Å². The zero-order chi connectivity index (χ0) is 20.1. The number of rotatable bonds is 3. The number of hydrogen-bond donors (Lipinski definition) is 1. The summed E-state index contributed by atoms with van der Waals surface area (Å²) in [5.74, 6) is 1.67. The van der Waals surface area contributed by atoms with E-state index in [-0.39, 0.29) is 10.3 Å². The van der Waals surface area contributed by atoms with Gasteiger partial charge in [-0.3, -0.25) is 4.72 Å². The van der Waals surface area contributed by atoms with E-state index < -0.39 is 10.0 Å². The fourth-order valence-corrected chi connectivity index (χ4v) is 4.91. The van der Waals surface area contributed by atoms with Gasteiger partial charge in [0.25, 0.3) is 10.0 Å². The molecule has 1 N–H and O–H groups in total. The highest BCUT2D eigenvalue weighted by atomic mass is 32.2. The molecule has 0 saturated carbocycles. The number of nitrogens with one attached hydrogen (secondary N) is 1. The van der Waals surface area contributed by atoms with Crippen LogP contribution in [0.4, 0.5) is 5.69 Å². The van der Waals surface area contributed by atoms with Crippen molar-refractivity contribution in [2.75, 3.05) is 4.72 Å². The number of sulfonamides is 1. The molecule has 1 aromatic heterocycles. The molecule has 2 aromatic carbocycles. The Morgan fingerprint density at radius 3 is 2.46 bits per heavy atom. The molecule has 28 heavy (non-hydrogen) atoms. The van der Waals surface area contributed by atoms with Crippen LogP contribution in [0.2, 0.25) is 0 Å². The Labute approximate surface area is 167 Å². The fourth-order valence-electron chi connectivity index (χ4n) is 3.86. The van der Waals surface area contributed by atoms with Crippen LogP contribution in [0, 0.1) is 5.92 Å². The molecule has 4 nitrogen and oxygen atoms in total. The molecule has 1 atom stereocenters. The predicted octanol–water partition coefficient (Wildman–Crippen LogP) is 5.66. The van der Waals surface area contributed by atoms with Crippen LogP contribution in [0.5, 0.6) is 0 Å². The lowest BCUT2D eigenvalue weighted by Gasteiger charge is -2.19. The van der Waals surface area contributed by atoms with E-state index >= 15 is 0 Å². The maximum absolute atomic E-state index is 12.8. The van der Waals surface area contributed by atoms with E-state index in [0.717, 1.165) is 41.6 Å². The van der Waals surface area contributed by atoms with Crippen LogP contribution in [0.15, 0.2) is 51.8 Å². The van der Waals surface area contributed by atoms with Gasteiger partial charge in [0.05, 0.1) is 4.90 Å². The summed E-state index contributed by atoms with van der Waals surface area (Å²) in [4.78, 5) is 0.267. The first-order chi connectivity index (χ1) is 13.1. The number of benzene rings is 2. The van der Waals surface area contributed by atoms with Gasteiger partial charge in [0.1, 0.15) is 11.3 Å². The SMILES string of the molecule is C[C@H]1CCc2oc3ccc(NS(=O)(=O)c4ccc(C(C)(C)C)cc4)cc3c2C1. The number of hydrogen-bond acceptors (Lipinski definition) is 3. The fraction of sp³-hybridized carbons (Fsp3) is 0.391. The number of furan rings is 1. The van der Waals surface area contributed by atoms with Crippen molar-refractivity contribution in [1.82, 2.24) is 0 Å². The maximum Gasteiger partial charge on any atom is 0.261 e. The monoisotopic (exact) mass is 397 g/mol. The van der Waals surface area contributed by atoms with Crippen LogP contribution in [-0.4, -0.2) is 8.42 Å². The molecule has 0 amide bonds. The molecule has 4 rings (SSSR count). The van der Waals surface area contributed by atoms with E-state index in [1.807, 2.05) is 24.3 Å². The molecule has 0 spiro atoms.